The highest BCUT2D eigenvalue weighted by Gasteiger charge is 2.33. The lowest BCUT2D eigenvalue weighted by molar-refractivity contribution is -0.127. The van der Waals surface area contributed by atoms with Crippen molar-refractivity contribution in [1.82, 2.24) is 20.0 Å². The van der Waals surface area contributed by atoms with Crippen LogP contribution in [0.4, 0.5) is 4.79 Å². The van der Waals surface area contributed by atoms with Gasteiger partial charge < -0.3 is 19.9 Å². The Morgan fingerprint density at radius 1 is 1.00 bits per heavy atom. The Bertz CT molecular complexity index is 499. The molecule has 1 atom stereocenters. The average molecular weight is 367 g/mol. The SMILES string of the molecule is CC(C)(CNC(=O)C1CCCN(C(=O)N2CCCC2)C1)N1CCOCC1. The molecule has 26 heavy (non-hydrogen) atoms. The number of hydrogen-bond donors (Lipinski definition) is 1. The second-order valence-corrected chi connectivity index (χ2v) is 8.39. The van der Waals surface area contributed by atoms with E-state index in [9.17, 15) is 9.59 Å². The zero-order valence-electron chi connectivity index (χ0n) is 16.3. The van der Waals surface area contributed by atoms with Gasteiger partial charge in [0.05, 0.1) is 19.1 Å². The molecule has 3 fully saturated rings. The molecular formula is C19H34N4O3. The quantitative estimate of drug-likeness (QED) is 0.810. The van der Waals surface area contributed by atoms with Gasteiger partial charge in [0.25, 0.3) is 0 Å². The molecule has 148 valence electrons. The largest absolute Gasteiger partial charge is 0.379 e. The zero-order chi connectivity index (χ0) is 18.6. The van der Waals surface area contributed by atoms with Gasteiger partial charge in [-0.15, -0.1) is 0 Å². The van der Waals surface area contributed by atoms with Crippen molar-refractivity contribution in [3.8, 4) is 0 Å². The molecule has 7 heteroatoms. The van der Waals surface area contributed by atoms with E-state index in [1.54, 1.807) is 0 Å². The smallest absolute Gasteiger partial charge is 0.320 e. The van der Waals surface area contributed by atoms with E-state index in [2.05, 4.69) is 24.1 Å². The number of nitrogens with zero attached hydrogens (tertiary/aromatic N) is 3. The third-order valence-corrected chi connectivity index (χ3v) is 6.00. The summed E-state index contributed by atoms with van der Waals surface area (Å²) >= 11 is 0. The van der Waals surface area contributed by atoms with Gasteiger partial charge in [-0.05, 0) is 39.5 Å². The van der Waals surface area contributed by atoms with Gasteiger partial charge in [0.1, 0.15) is 0 Å². The molecule has 0 radical (unpaired) electrons. The van der Waals surface area contributed by atoms with E-state index >= 15 is 0 Å². The molecule has 3 aliphatic heterocycles. The van der Waals surface area contributed by atoms with E-state index in [0.29, 0.717) is 13.1 Å². The molecule has 0 aromatic heterocycles. The van der Waals surface area contributed by atoms with Gasteiger partial charge in [-0.2, -0.15) is 0 Å². The zero-order valence-corrected chi connectivity index (χ0v) is 16.3. The number of amides is 3. The maximum absolute atomic E-state index is 12.7. The van der Waals surface area contributed by atoms with Crippen LogP contribution in [0.25, 0.3) is 0 Å². The third-order valence-electron chi connectivity index (χ3n) is 6.00. The number of ether oxygens (including phenoxy) is 1. The van der Waals surface area contributed by atoms with Crippen molar-refractivity contribution in [2.24, 2.45) is 5.92 Å². The number of hydrogen-bond acceptors (Lipinski definition) is 4. The number of carbonyl (C=O) groups excluding carboxylic acids is 2. The second kappa shape index (κ2) is 8.57. The summed E-state index contributed by atoms with van der Waals surface area (Å²) in [5.74, 6) is 0.000971. The van der Waals surface area contributed by atoms with Crippen molar-refractivity contribution in [2.75, 3.05) is 59.0 Å². The van der Waals surface area contributed by atoms with Crippen LogP contribution in [0.3, 0.4) is 0 Å². The Kier molecular flexibility index (Phi) is 6.40. The van der Waals surface area contributed by atoms with E-state index in [1.165, 1.54) is 0 Å². The number of likely N-dealkylation sites (tertiary alicyclic amines) is 2. The first-order valence-electron chi connectivity index (χ1n) is 10.1. The van der Waals surface area contributed by atoms with E-state index < -0.39 is 0 Å². The predicted molar refractivity (Wildman–Crippen MR) is 100.0 cm³/mol. The fourth-order valence-corrected chi connectivity index (χ4v) is 4.20. The summed E-state index contributed by atoms with van der Waals surface area (Å²) in [6, 6.07) is 0.119. The molecule has 3 amide bonds. The molecule has 3 aliphatic rings. The lowest BCUT2D eigenvalue weighted by Crippen LogP contribution is -2.56. The summed E-state index contributed by atoms with van der Waals surface area (Å²) in [6.07, 6.45) is 3.97. The van der Waals surface area contributed by atoms with Crippen molar-refractivity contribution in [2.45, 2.75) is 45.1 Å². The maximum Gasteiger partial charge on any atom is 0.320 e. The van der Waals surface area contributed by atoms with E-state index in [1.807, 2.05) is 9.80 Å². The molecule has 0 aromatic carbocycles. The summed E-state index contributed by atoms with van der Waals surface area (Å²) in [5, 5.41) is 3.15. The van der Waals surface area contributed by atoms with Gasteiger partial charge >= 0.3 is 6.03 Å². The first kappa shape index (κ1) is 19.4. The van der Waals surface area contributed by atoms with Crippen molar-refractivity contribution in [1.29, 1.82) is 0 Å². The summed E-state index contributed by atoms with van der Waals surface area (Å²) in [4.78, 5) is 31.5. The fourth-order valence-electron chi connectivity index (χ4n) is 4.20. The van der Waals surface area contributed by atoms with Crippen LogP contribution in [0.5, 0.6) is 0 Å². The number of nitrogens with one attached hydrogen (secondary N) is 1. The maximum atomic E-state index is 12.7. The van der Waals surface area contributed by atoms with Gasteiger partial charge in [-0.25, -0.2) is 4.79 Å². The standard InChI is InChI=1S/C19H34N4O3/c1-19(2,23-10-12-26-13-11-23)15-20-17(24)16-6-5-9-22(14-16)18(25)21-7-3-4-8-21/h16H,3-15H2,1-2H3,(H,20,24). The van der Waals surface area contributed by atoms with E-state index in [-0.39, 0.29) is 23.4 Å². The number of piperidine rings is 1. The van der Waals surface area contributed by atoms with Gasteiger partial charge in [0.15, 0.2) is 0 Å². The lowest BCUT2D eigenvalue weighted by atomic mass is 9.96. The Labute approximate surface area is 157 Å². The van der Waals surface area contributed by atoms with Crippen LogP contribution in [0.15, 0.2) is 0 Å². The molecule has 3 heterocycles. The van der Waals surface area contributed by atoms with E-state index in [4.69, 9.17) is 4.74 Å². The highest BCUT2D eigenvalue weighted by molar-refractivity contribution is 5.81. The highest BCUT2D eigenvalue weighted by atomic mass is 16.5. The summed E-state index contributed by atoms with van der Waals surface area (Å²) < 4.78 is 5.42. The average Bonchev–Trinajstić information content (AvgIpc) is 3.21. The van der Waals surface area contributed by atoms with Gasteiger partial charge in [0, 0.05) is 51.4 Å². The topological polar surface area (TPSA) is 65.1 Å². The molecule has 3 saturated heterocycles. The molecule has 0 aromatic rings. The fraction of sp³-hybridized carbons (Fsp3) is 0.895. The minimum atomic E-state index is -0.0872. The van der Waals surface area contributed by atoms with Crippen LogP contribution >= 0.6 is 0 Å². The van der Waals surface area contributed by atoms with Crippen LogP contribution in [0, 0.1) is 5.92 Å². The van der Waals surface area contributed by atoms with Gasteiger partial charge in [0.2, 0.25) is 5.91 Å². The predicted octanol–water partition coefficient (Wildman–Crippen LogP) is 1.14. The summed E-state index contributed by atoms with van der Waals surface area (Å²) in [7, 11) is 0. The van der Waals surface area contributed by atoms with Crippen molar-refractivity contribution < 1.29 is 14.3 Å². The Morgan fingerprint density at radius 2 is 1.65 bits per heavy atom. The van der Waals surface area contributed by atoms with Crippen molar-refractivity contribution in [3.05, 3.63) is 0 Å². The number of carbonyl (C=O) groups is 2. The molecule has 1 unspecified atom stereocenters. The Hall–Kier alpha value is -1.34. The van der Waals surface area contributed by atoms with Crippen molar-refractivity contribution in [3.63, 3.8) is 0 Å². The summed E-state index contributed by atoms with van der Waals surface area (Å²) in [5.41, 5.74) is -0.0842. The normalized spacial score (nSPS) is 25.4. The molecule has 0 aliphatic carbocycles. The Balaban J connectivity index is 1.48. The monoisotopic (exact) mass is 366 g/mol. The number of urea groups is 1. The second-order valence-electron chi connectivity index (χ2n) is 8.39. The molecule has 1 N–H and O–H groups in total. The van der Waals surface area contributed by atoms with Gasteiger partial charge in [-0.3, -0.25) is 9.69 Å². The first-order valence-corrected chi connectivity index (χ1v) is 10.1. The van der Waals surface area contributed by atoms with Crippen LogP contribution in [-0.2, 0) is 9.53 Å². The molecule has 0 spiro atoms. The van der Waals surface area contributed by atoms with Crippen LogP contribution in [0.2, 0.25) is 0 Å². The molecule has 7 nitrogen and oxygen atoms in total. The molecule has 0 saturated carbocycles. The Morgan fingerprint density at radius 3 is 2.35 bits per heavy atom. The third kappa shape index (κ3) is 4.68. The highest BCUT2D eigenvalue weighted by Crippen LogP contribution is 2.21. The molecule has 3 rings (SSSR count). The van der Waals surface area contributed by atoms with Crippen LogP contribution < -0.4 is 5.32 Å². The minimum absolute atomic E-state index is 0.0842. The minimum Gasteiger partial charge on any atom is -0.379 e. The van der Waals surface area contributed by atoms with Crippen molar-refractivity contribution >= 4 is 11.9 Å². The van der Waals surface area contributed by atoms with Gasteiger partial charge in [-0.1, -0.05) is 0 Å². The lowest BCUT2D eigenvalue weighted by Gasteiger charge is -2.41. The summed E-state index contributed by atoms with van der Waals surface area (Å²) in [6.45, 7) is 11.3. The number of rotatable bonds is 4. The molecular weight excluding hydrogens is 332 g/mol. The van der Waals surface area contributed by atoms with E-state index in [0.717, 1.165) is 71.6 Å². The first-order chi connectivity index (χ1) is 12.5. The van der Waals surface area contributed by atoms with Crippen LogP contribution in [-0.4, -0.2) is 91.2 Å². The molecule has 0 bridgehead atoms. The number of morpholine rings is 1. The van der Waals surface area contributed by atoms with Crippen LogP contribution in [0.1, 0.15) is 39.5 Å².